The Kier molecular flexibility index (Phi) is 4.42. The van der Waals surface area contributed by atoms with Crippen LogP contribution in [0.25, 0.3) is 0 Å². The van der Waals surface area contributed by atoms with Crippen molar-refractivity contribution in [1.82, 2.24) is 0 Å². The Balaban J connectivity index is 2.31. The van der Waals surface area contributed by atoms with Gasteiger partial charge in [-0.3, -0.25) is 4.79 Å². The van der Waals surface area contributed by atoms with E-state index in [2.05, 4.69) is 21.2 Å². The van der Waals surface area contributed by atoms with Gasteiger partial charge in [0.05, 0.1) is 11.7 Å². The number of nitrogens with one attached hydrogen (secondary N) is 1. The Hall–Kier alpha value is -1.85. The minimum Gasteiger partial charge on any atom is -0.507 e. The number of benzene rings is 2. The third kappa shape index (κ3) is 3.18. The number of carbonyl (C=O) groups is 1. The van der Waals surface area contributed by atoms with Crippen LogP contribution in [0.5, 0.6) is 5.75 Å². The lowest BCUT2D eigenvalue weighted by atomic mass is 10.1. The van der Waals surface area contributed by atoms with Crippen LogP contribution in [-0.2, 0) is 0 Å². The molecule has 104 valence electrons. The summed E-state index contributed by atoms with van der Waals surface area (Å²) in [4.78, 5) is 12.2. The highest BCUT2D eigenvalue weighted by atomic mass is 79.9. The number of para-hydroxylation sites is 1. The second-order valence-corrected chi connectivity index (χ2v) is 5.29. The Bertz CT molecular complexity index is 641. The quantitative estimate of drug-likeness (QED) is 0.804. The van der Waals surface area contributed by atoms with E-state index >= 15 is 0 Å². The number of anilines is 1. The second kappa shape index (κ2) is 6.07. The fourth-order valence-electron chi connectivity index (χ4n) is 1.85. The van der Waals surface area contributed by atoms with E-state index in [9.17, 15) is 15.0 Å². The van der Waals surface area contributed by atoms with E-state index < -0.39 is 12.0 Å². The Morgan fingerprint density at radius 2 is 1.95 bits per heavy atom. The zero-order valence-corrected chi connectivity index (χ0v) is 12.4. The number of aromatic hydroxyl groups is 1. The fourth-order valence-corrected chi connectivity index (χ4v) is 2.22. The maximum atomic E-state index is 12.2. The van der Waals surface area contributed by atoms with Crippen molar-refractivity contribution in [2.75, 3.05) is 5.32 Å². The van der Waals surface area contributed by atoms with Gasteiger partial charge in [-0.2, -0.15) is 0 Å². The van der Waals surface area contributed by atoms with Crippen LogP contribution in [-0.4, -0.2) is 16.1 Å². The van der Waals surface area contributed by atoms with Crippen molar-refractivity contribution in [2.24, 2.45) is 0 Å². The van der Waals surface area contributed by atoms with Crippen molar-refractivity contribution in [3.05, 3.63) is 58.1 Å². The molecule has 0 saturated carbocycles. The summed E-state index contributed by atoms with van der Waals surface area (Å²) < 4.78 is 0.698. The molecule has 2 rings (SSSR count). The topological polar surface area (TPSA) is 69.6 Å². The van der Waals surface area contributed by atoms with Crippen LogP contribution in [0.4, 0.5) is 5.69 Å². The first-order valence-electron chi connectivity index (χ1n) is 6.06. The summed E-state index contributed by atoms with van der Waals surface area (Å²) in [5, 5.41) is 22.1. The lowest BCUT2D eigenvalue weighted by Crippen LogP contribution is -2.14. The molecule has 0 spiro atoms. The molecule has 1 amide bonds. The van der Waals surface area contributed by atoms with Gasteiger partial charge in [-0.15, -0.1) is 0 Å². The van der Waals surface area contributed by atoms with Crippen LogP contribution < -0.4 is 5.32 Å². The van der Waals surface area contributed by atoms with E-state index in [0.29, 0.717) is 15.7 Å². The summed E-state index contributed by atoms with van der Waals surface area (Å²) >= 11 is 3.26. The van der Waals surface area contributed by atoms with E-state index in [1.54, 1.807) is 37.3 Å². The van der Waals surface area contributed by atoms with Gasteiger partial charge in [0.2, 0.25) is 0 Å². The molecule has 2 aromatic rings. The fraction of sp³-hybridized carbons (Fsp3) is 0.133. The summed E-state index contributed by atoms with van der Waals surface area (Å²) in [5.41, 5.74) is 1.31. The summed E-state index contributed by atoms with van der Waals surface area (Å²) in [6.45, 7) is 1.63. The van der Waals surface area contributed by atoms with Crippen molar-refractivity contribution in [1.29, 1.82) is 0 Å². The van der Waals surface area contributed by atoms with Gasteiger partial charge in [0.15, 0.2) is 0 Å². The van der Waals surface area contributed by atoms with Gasteiger partial charge in [0.25, 0.3) is 5.91 Å². The minimum absolute atomic E-state index is 0.0970. The highest BCUT2D eigenvalue weighted by Gasteiger charge is 2.14. The van der Waals surface area contributed by atoms with Crippen molar-refractivity contribution in [2.45, 2.75) is 13.0 Å². The summed E-state index contributed by atoms with van der Waals surface area (Å²) in [5.74, 6) is -0.530. The first-order valence-corrected chi connectivity index (χ1v) is 6.85. The average molecular weight is 336 g/mol. The van der Waals surface area contributed by atoms with Gasteiger partial charge < -0.3 is 15.5 Å². The highest BCUT2D eigenvalue weighted by Crippen LogP contribution is 2.26. The van der Waals surface area contributed by atoms with Crippen LogP contribution in [0.15, 0.2) is 46.9 Å². The molecule has 0 bridgehead atoms. The van der Waals surface area contributed by atoms with Crippen molar-refractivity contribution >= 4 is 27.5 Å². The van der Waals surface area contributed by atoms with Gasteiger partial charge in [0.1, 0.15) is 5.75 Å². The maximum absolute atomic E-state index is 12.2. The Morgan fingerprint density at radius 1 is 1.25 bits per heavy atom. The van der Waals surface area contributed by atoms with Crippen LogP contribution in [0.2, 0.25) is 0 Å². The standard InChI is InChI=1S/C15H14BrNO3/c1-9(18)11-4-2-3-5-13(11)17-15(20)12-8-10(16)6-7-14(12)19/h2-9,18-19H,1H3,(H,17,20). The molecule has 4 nitrogen and oxygen atoms in total. The number of rotatable bonds is 3. The van der Waals surface area contributed by atoms with Crippen molar-refractivity contribution < 1.29 is 15.0 Å². The number of amides is 1. The molecule has 0 saturated heterocycles. The molecule has 2 aromatic carbocycles. The second-order valence-electron chi connectivity index (χ2n) is 4.38. The van der Waals surface area contributed by atoms with Crippen LogP contribution in [0.3, 0.4) is 0 Å². The molecule has 0 aliphatic rings. The molecule has 0 aromatic heterocycles. The molecule has 0 aliphatic heterocycles. The number of halogens is 1. The third-order valence-corrected chi connectivity index (χ3v) is 3.36. The first-order chi connectivity index (χ1) is 9.49. The molecule has 3 N–H and O–H groups in total. The van der Waals surface area contributed by atoms with E-state index in [4.69, 9.17) is 0 Å². The molecule has 1 unspecified atom stereocenters. The number of hydrogen-bond donors (Lipinski definition) is 3. The lowest BCUT2D eigenvalue weighted by Gasteiger charge is -2.13. The third-order valence-electron chi connectivity index (χ3n) is 2.86. The lowest BCUT2D eigenvalue weighted by molar-refractivity contribution is 0.102. The number of aliphatic hydroxyl groups excluding tert-OH is 1. The van der Waals surface area contributed by atoms with Crippen LogP contribution in [0, 0.1) is 0 Å². The molecule has 0 fully saturated rings. The zero-order valence-electron chi connectivity index (χ0n) is 10.8. The van der Waals surface area contributed by atoms with E-state index in [0.717, 1.165) is 0 Å². The Morgan fingerprint density at radius 3 is 2.65 bits per heavy atom. The number of aliphatic hydroxyl groups is 1. The largest absolute Gasteiger partial charge is 0.507 e. The van der Waals surface area contributed by atoms with Gasteiger partial charge in [-0.05, 0) is 31.2 Å². The molecular formula is C15H14BrNO3. The normalized spacial score (nSPS) is 11.9. The van der Waals surface area contributed by atoms with Gasteiger partial charge in [-0.25, -0.2) is 0 Å². The summed E-state index contributed by atoms with van der Waals surface area (Å²) in [7, 11) is 0. The molecule has 1 atom stereocenters. The number of phenolic OH excluding ortho intramolecular Hbond substituents is 1. The molecule has 0 radical (unpaired) electrons. The molecule has 0 heterocycles. The van der Waals surface area contributed by atoms with Crippen molar-refractivity contribution in [3.8, 4) is 5.75 Å². The van der Waals surface area contributed by atoms with E-state index in [1.807, 2.05) is 0 Å². The zero-order chi connectivity index (χ0) is 14.7. The summed E-state index contributed by atoms with van der Waals surface area (Å²) in [6, 6.07) is 11.6. The molecule has 5 heteroatoms. The SMILES string of the molecule is CC(O)c1ccccc1NC(=O)c1cc(Br)ccc1O. The predicted octanol–water partition coefficient (Wildman–Crippen LogP) is 3.46. The monoisotopic (exact) mass is 335 g/mol. The average Bonchev–Trinajstić information content (AvgIpc) is 2.41. The van der Waals surface area contributed by atoms with Gasteiger partial charge in [0, 0.05) is 15.7 Å². The van der Waals surface area contributed by atoms with Gasteiger partial charge in [-0.1, -0.05) is 34.1 Å². The smallest absolute Gasteiger partial charge is 0.259 e. The first kappa shape index (κ1) is 14.6. The number of hydrogen-bond acceptors (Lipinski definition) is 3. The van der Waals surface area contributed by atoms with E-state index in [1.165, 1.54) is 12.1 Å². The molecule has 20 heavy (non-hydrogen) atoms. The molecular weight excluding hydrogens is 322 g/mol. The highest BCUT2D eigenvalue weighted by molar-refractivity contribution is 9.10. The van der Waals surface area contributed by atoms with Gasteiger partial charge >= 0.3 is 0 Å². The summed E-state index contributed by atoms with van der Waals surface area (Å²) in [6.07, 6.45) is -0.692. The predicted molar refractivity (Wildman–Crippen MR) is 80.8 cm³/mol. The van der Waals surface area contributed by atoms with Crippen LogP contribution in [0.1, 0.15) is 28.9 Å². The Labute approximate surface area is 125 Å². The van der Waals surface area contributed by atoms with Crippen molar-refractivity contribution in [3.63, 3.8) is 0 Å². The maximum Gasteiger partial charge on any atom is 0.259 e. The van der Waals surface area contributed by atoms with Crippen LogP contribution >= 0.6 is 15.9 Å². The molecule has 0 aliphatic carbocycles. The number of carbonyl (C=O) groups excluding carboxylic acids is 1. The minimum atomic E-state index is -0.692. The number of phenols is 1. The van der Waals surface area contributed by atoms with E-state index in [-0.39, 0.29) is 11.3 Å².